The summed E-state index contributed by atoms with van der Waals surface area (Å²) in [6.07, 6.45) is 0. The van der Waals surface area contributed by atoms with Crippen LogP contribution in [0.1, 0.15) is 41.7 Å². The number of aromatic nitrogens is 4. The highest BCUT2D eigenvalue weighted by Crippen LogP contribution is 2.43. The Morgan fingerprint density at radius 1 is 1.26 bits per heavy atom. The van der Waals surface area contributed by atoms with Crippen molar-refractivity contribution in [1.29, 1.82) is 0 Å². The zero-order valence-corrected chi connectivity index (χ0v) is 14.9. The Hall–Kier alpha value is -1.89. The van der Waals surface area contributed by atoms with Gasteiger partial charge in [-0.3, -0.25) is 4.79 Å². The van der Waals surface area contributed by atoms with E-state index in [0.29, 0.717) is 23.4 Å². The third kappa shape index (κ3) is 2.97. The van der Waals surface area contributed by atoms with Crippen LogP contribution in [-0.2, 0) is 4.79 Å². The van der Waals surface area contributed by atoms with Gasteiger partial charge in [-0.25, -0.2) is 9.97 Å². The van der Waals surface area contributed by atoms with Gasteiger partial charge in [-0.05, 0) is 32.8 Å². The van der Waals surface area contributed by atoms with E-state index in [9.17, 15) is 4.79 Å². The van der Waals surface area contributed by atoms with Crippen LogP contribution in [0.25, 0.3) is 5.95 Å². The number of anilines is 1. The summed E-state index contributed by atoms with van der Waals surface area (Å²) in [6, 6.07) is 1.92. The van der Waals surface area contributed by atoms with Crippen molar-refractivity contribution < 1.29 is 4.79 Å². The van der Waals surface area contributed by atoms with Crippen molar-refractivity contribution in [2.24, 2.45) is 5.92 Å². The fourth-order valence-corrected chi connectivity index (χ4v) is 4.13. The molecule has 0 saturated carbocycles. The van der Waals surface area contributed by atoms with E-state index in [2.05, 4.69) is 34.2 Å². The average Bonchev–Trinajstić information content (AvgIpc) is 2.65. The SMILES string of the molecule is Cc1cc(C)nc(-n2nc(C)c3c2NC(=O)CSC3C(C)C)n1. The van der Waals surface area contributed by atoms with Crippen molar-refractivity contribution in [3.05, 3.63) is 28.7 Å². The molecule has 7 heteroatoms. The maximum absolute atomic E-state index is 12.1. The van der Waals surface area contributed by atoms with Gasteiger partial charge in [0.2, 0.25) is 5.91 Å². The maximum Gasteiger partial charge on any atom is 0.252 e. The number of nitrogens with zero attached hydrogens (tertiary/aromatic N) is 4. The van der Waals surface area contributed by atoms with Gasteiger partial charge >= 0.3 is 0 Å². The zero-order valence-electron chi connectivity index (χ0n) is 14.0. The minimum Gasteiger partial charge on any atom is -0.309 e. The fraction of sp³-hybridized carbons (Fsp3) is 0.500. The first kappa shape index (κ1) is 16.0. The molecule has 1 atom stereocenters. The summed E-state index contributed by atoms with van der Waals surface area (Å²) < 4.78 is 1.67. The van der Waals surface area contributed by atoms with E-state index in [1.165, 1.54) is 0 Å². The van der Waals surface area contributed by atoms with Crippen LogP contribution in [0.2, 0.25) is 0 Å². The summed E-state index contributed by atoms with van der Waals surface area (Å²) in [4.78, 5) is 21.1. The van der Waals surface area contributed by atoms with Gasteiger partial charge in [0, 0.05) is 22.2 Å². The topological polar surface area (TPSA) is 72.7 Å². The third-order valence-electron chi connectivity index (χ3n) is 3.81. The number of hydrogen-bond donors (Lipinski definition) is 1. The van der Waals surface area contributed by atoms with Crippen LogP contribution in [0.15, 0.2) is 6.07 Å². The summed E-state index contributed by atoms with van der Waals surface area (Å²) in [5, 5.41) is 7.84. The number of thioether (sulfide) groups is 1. The molecule has 0 fully saturated rings. The molecule has 1 unspecified atom stereocenters. The molecule has 2 aromatic rings. The Morgan fingerprint density at radius 3 is 2.52 bits per heavy atom. The second kappa shape index (κ2) is 5.96. The maximum atomic E-state index is 12.1. The minimum absolute atomic E-state index is 0.00933. The minimum atomic E-state index is -0.00933. The van der Waals surface area contributed by atoms with Crippen molar-refractivity contribution in [2.75, 3.05) is 11.1 Å². The molecule has 6 nitrogen and oxygen atoms in total. The molecule has 122 valence electrons. The van der Waals surface area contributed by atoms with Gasteiger partial charge in [0.15, 0.2) is 0 Å². The van der Waals surface area contributed by atoms with E-state index < -0.39 is 0 Å². The van der Waals surface area contributed by atoms with E-state index in [1.807, 2.05) is 26.8 Å². The molecular formula is C16H21N5OS. The standard InChI is InChI=1S/C16H21N5OS/c1-8(2)14-13-11(5)20-21(15(13)19-12(22)7-23-14)16-17-9(3)6-10(4)18-16/h6,8,14H,7H2,1-5H3,(H,19,22). The van der Waals surface area contributed by atoms with Gasteiger partial charge < -0.3 is 5.32 Å². The Kier molecular flexibility index (Phi) is 4.14. The lowest BCUT2D eigenvalue weighted by atomic mass is 10.0. The van der Waals surface area contributed by atoms with Crippen LogP contribution in [0.4, 0.5) is 5.82 Å². The number of fused-ring (bicyclic) bond motifs is 1. The second-order valence-electron chi connectivity index (χ2n) is 6.23. The molecule has 0 aliphatic carbocycles. The van der Waals surface area contributed by atoms with Crippen LogP contribution >= 0.6 is 11.8 Å². The van der Waals surface area contributed by atoms with Crippen molar-refractivity contribution >= 4 is 23.5 Å². The van der Waals surface area contributed by atoms with Crippen LogP contribution in [0.5, 0.6) is 0 Å². The zero-order chi connectivity index (χ0) is 16.7. The van der Waals surface area contributed by atoms with Crippen LogP contribution in [-0.4, -0.2) is 31.4 Å². The van der Waals surface area contributed by atoms with Gasteiger partial charge in [-0.1, -0.05) is 13.8 Å². The molecule has 2 aromatic heterocycles. The normalized spacial score (nSPS) is 17.8. The van der Waals surface area contributed by atoms with Gasteiger partial charge in [0.1, 0.15) is 5.82 Å². The molecule has 3 rings (SSSR count). The first-order valence-electron chi connectivity index (χ1n) is 7.70. The van der Waals surface area contributed by atoms with Gasteiger partial charge in [0.05, 0.1) is 11.4 Å². The number of aryl methyl sites for hydroxylation is 3. The van der Waals surface area contributed by atoms with E-state index in [-0.39, 0.29) is 11.2 Å². The van der Waals surface area contributed by atoms with Crippen molar-refractivity contribution in [1.82, 2.24) is 19.7 Å². The molecule has 0 saturated heterocycles. The molecule has 23 heavy (non-hydrogen) atoms. The molecule has 0 bridgehead atoms. The summed E-state index contributed by atoms with van der Waals surface area (Å²) >= 11 is 1.67. The predicted molar refractivity (Wildman–Crippen MR) is 92.0 cm³/mol. The number of nitrogens with one attached hydrogen (secondary N) is 1. The molecule has 1 aliphatic rings. The first-order chi connectivity index (χ1) is 10.9. The summed E-state index contributed by atoms with van der Waals surface area (Å²) in [5.41, 5.74) is 3.75. The van der Waals surface area contributed by atoms with E-state index >= 15 is 0 Å². The highest BCUT2D eigenvalue weighted by atomic mass is 32.2. The van der Waals surface area contributed by atoms with E-state index in [0.717, 1.165) is 22.6 Å². The highest BCUT2D eigenvalue weighted by Gasteiger charge is 2.31. The molecule has 1 N–H and O–H groups in total. The lowest BCUT2D eigenvalue weighted by Gasteiger charge is -2.18. The summed E-state index contributed by atoms with van der Waals surface area (Å²) in [6.45, 7) is 10.2. The Labute approximate surface area is 140 Å². The lowest BCUT2D eigenvalue weighted by Crippen LogP contribution is -2.17. The molecule has 0 spiro atoms. The monoisotopic (exact) mass is 331 g/mol. The van der Waals surface area contributed by atoms with Crippen molar-refractivity contribution in [2.45, 2.75) is 39.9 Å². The van der Waals surface area contributed by atoms with E-state index in [1.54, 1.807) is 16.4 Å². The Bertz CT molecular complexity index is 748. The van der Waals surface area contributed by atoms with Crippen molar-refractivity contribution in [3.8, 4) is 5.95 Å². The van der Waals surface area contributed by atoms with Crippen LogP contribution in [0, 0.1) is 26.7 Å². The van der Waals surface area contributed by atoms with E-state index in [4.69, 9.17) is 0 Å². The highest BCUT2D eigenvalue weighted by molar-refractivity contribution is 8.00. The third-order valence-corrected chi connectivity index (χ3v) is 5.38. The van der Waals surface area contributed by atoms with Gasteiger partial charge in [-0.2, -0.15) is 9.78 Å². The van der Waals surface area contributed by atoms with Gasteiger partial charge in [-0.15, -0.1) is 11.8 Å². The largest absolute Gasteiger partial charge is 0.309 e. The quantitative estimate of drug-likeness (QED) is 0.916. The van der Waals surface area contributed by atoms with Crippen LogP contribution in [0.3, 0.4) is 0 Å². The smallest absolute Gasteiger partial charge is 0.252 e. The van der Waals surface area contributed by atoms with Crippen molar-refractivity contribution in [3.63, 3.8) is 0 Å². The summed E-state index contributed by atoms with van der Waals surface area (Å²) in [7, 11) is 0. The molecular weight excluding hydrogens is 310 g/mol. The number of rotatable bonds is 2. The number of carbonyl (C=O) groups excluding carboxylic acids is 1. The Balaban J connectivity index is 2.21. The second-order valence-corrected chi connectivity index (χ2v) is 7.36. The molecule has 1 aliphatic heterocycles. The van der Waals surface area contributed by atoms with Crippen LogP contribution < -0.4 is 5.32 Å². The lowest BCUT2D eigenvalue weighted by molar-refractivity contribution is -0.113. The predicted octanol–water partition coefficient (Wildman–Crippen LogP) is 2.97. The van der Waals surface area contributed by atoms with Gasteiger partial charge in [0.25, 0.3) is 5.95 Å². The fourth-order valence-electron chi connectivity index (χ4n) is 2.89. The summed E-state index contributed by atoms with van der Waals surface area (Å²) in [5.74, 6) is 2.06. The number of carbonyl (C=O) groups is 1. The molecule has 0 radical (unpaired) electrons. The molecule has 0 aromatic carbocycles. The average molecular weight is 331 g/mol. The first-order valence-corrected chi connectivity index (χ1v) is 8.75. The molecule has 3 heterocycles. The number of amides is 1. The molecule has 1 amide bonds. The number of hydrogen-bond acceptors (Lipinski definition) is 5. The Morgan fingerprint density at radius 2 is 1.91 bits per heavy atom.